The molecule has 4 amide bonds. The molecule has 0 aromatic heterocycles. The van der Waals surface area contributed by atoms with E-state index >= 15 is 0 Å². The van der Waals surface area contributed by atoms with Gasteiger partial charge in [0, 0.05) is 18.7 Å². The molecule has 2 aromatic rings. The number of imide groups is 1. The van der Waals surface area contributed by atoms with Crippen LogP contribution in [-0.4, -0.2) is 40.7 Å². The van der Waals surface area contributed by atoms with E-state index in [2.05, 4.69) is 12.2 Å². The van der Waals surface area contributed by atoms with Crippen molar-refractivity contribution in [2.75, 3.05) is 13.1 Å². The van der Waals surface area contributed by atoms with Gasteiger partial charge < -0.3 is 10.2 Å². The molecule has 0 atom stereocenters. The van der Waals surface area contributed by atoms with E-state index in [9.17, 15) is 18.8 Å². The van der Waals surface area contributed by atoms with Crippen molar-refractivity contribution < 1.29 is 18.8 Å². The molecule has 0 spiro atoms. The SMILES string of the molecule is CCCCCN(Cc1ccc(F)cc1)C(=O)c1ccc(CN2C(=O)CNC2=O)cc1. The van der Waals surface area contributed by atoms with Gasteiger partial charge >= 0.3 is 6.03 Å². The van der Waals surface area contributed by atoms with Gasteiger partial charge in [-0.15, -0.1) is 0 Å². The molecule has 1 saturated heterocycles. The van der Waals surface area contributed by atoms with Crippen molar-refractivity contribution >= 4 is 17.8 Å². The molecule has 158 valence electrons. The maximum atomic E-state index is 13.2. The Morgan fingerprint density at radius 1 is 1.03 bits per heavy atom. The normalized spacial score (nSPS) is 13.5. The summed E-state index contributed by atoms with van der Waals surface area (Å²) in [6.45, 7) is 3.33. The number of unbranched alkanes of at least 4 members (excludes halogenated alkanes) is 2. The van der Waals surface area contributed by atoms with Crippen LogP contribution >= 0.6 is 0 Å². The molecule has 1 N–H and O–H groups in total. The molecule has 1 heterocycles. The van der Waals surface area contributed by atoms with Crippen molar-refractivity contribution in [3.8, 4) is 0 Å². The first kappa shape index (κ1) is 21.5. The average molecular weight is 411 g/mol. The Bertz CT molecular complexity index is 881. The van der Waals surface area contributed by atoms with Gasteiger partial charge in [0.05, 0.1) is 13.1 Å². The van der Waals surface area contributed by atoms with E-state index in [0.717, 1.165) is 35.3 Å². The van der Waals surface area contributed by atoms with Gasteiger partial charge in [-0.1, -0.05) is 44.0 Å². The first-order chi connectivity index (χ1) is 14.5. The van der Waals surface area contributed by atoms with E-state index in [0.29, 0.717) is 18.7 Å². The van der Waals surface area contributed by atoms with Crippen LogP contribution in [0.5, 0.6) is 0 Å². The lowest BCUT2D eigenvalue weighted by Gasteiger charge is -2.23. The van der Waals surface area contributed by atoms with Crippen molar-refractivity contribution in [3.05, 3.63) is 71.0 Å². The van der Waals surface area contributed by atoms with Crippen LogP contribution < -0.4 is 5.32 Å². The Balaban J connectivity index is 1.70. The van der Waals surface area contributed by atoms with E-state index in [-0.39, 0.29) is 30.7 Å². The fourth-order valence-electron chi connectivity index (χ4n) is 3.35. The molecule has 0 saturated carbocycles. The van der Waals surface area contributed by atoms with Gasteiger partial charge in [-0.25, -0.2) is 9.18 Å². The minimum Gasteiger partial charge on any atom is -0.334 e. The van der Waals surface area contributed by atoms with E-state index < -0.39 is 6.03 Å². The van der Waals surface area contributed by atoms with E-state index in [1.54, 1.807) is 41.3 Å². The highest BCUT2D eigenvalue weighted by atomic mass is 19.1. The third kappa shape index (κ3) is 5.43. The standard InChI is InChI=1S/C23H26FN3O3/c1-2-3-4-13-26(15-17-7-11-20(24)12-8-17)22(29)19-9-5-18(6-10-19)16-27-21(28)14-25-23(27)30/h5-12H,2-4,13-16H2,1H3,(H,25,30). The summed E-state index contributed by atoms with van der Waals surface area (Å²) in [6.07, 6.45) is 2.97. The van der Waals surface area contributed by atoms with Gasteiger partial charge in [-0.2, -0.15) is 0 Å². The number of nitrogens with one attached hydrogen (secondary N) is 1. The molecule has 0 aliphatic carbocycles. The Morgan fingerprint density at radius 2 is 1.70 bits per heavy atom. The van der Waals surface area contributed by atoms with Crippen molar-refractivity contribution in [3.63, 3.8) is 0 Å². The van der Waals surface area contributed by atoms with Gasteiger partial charge in [-0.05, 0) is 41.8 Å². The quantitative estimate of drug-likeness (QED) is 0.505. The molecular weight excluding hydrogens is 385 g/mol. The van der Waals surface area contributed by atoms with Crippen LogP contribution in [0.15, 0.2) is 48.5 Å². The number of carbonyl (C=O) groups is 3. The second-order valence-electron chi connectivity index (χ2n) is 7.40. The average Bonchev–Trinajstić information content (AvgIpc) is 3.07. The fraction of sp³-hybridized carbons (Fsp3) is 0.348. The van der Waals surface area contributed by atoms with Crippen LogP contribution in [0.2, 0.25) is 0 Å². The van der Waals surface area contributed by atoms with Gasteiger partial charge in [0.25, 0.3) is 5.91 Å². The monoisotopic (exact) mass is 411 g/mol. The second kappa shape index (κ2) is 10.0. The van der Waals surface area contributed by atoms with E-state index in [4.69, 9.17) is 0 Å². The Hall–Kier alpha value is -3.22. The van der Waals surface area contributed by atoms with Crippen molar-refractivity contribution in [2.45, 2.75) is 39.3 Å². The largest absolute Gasteiger partial charge is 0.334 e. The summed E-state index contributed by atoms with van der Waals surface area (Å²) in [7, 11) is 0. The number of urea groups is 1. The van der Waals surface area contributed by atoms with Crippen LogP contribution in [0, 0.1) is 5.82 Å². The Labute approximate surface area is 175 Å². The summed E-state index contributed by atoms with van der Waals surface area (Å²) in [6, 6.07) is 12.7. The summed E-state index contributed by atoms with van der Waals surface area (Å²) in [5.41, 5.74) is 2.18. The summed E-state index contributed by atoms with van der Waals surface area (Å²) in [5, 5.41) is 2.49. The predicted molar refractivity (Wildman–Crippen MR) is 111 cm³/mol. The zero-order chi connectivity index (χ0) is 21.5. The smallest absolute Gasteiger partial charge is 0.324 e. The zero-order valence-corrected chi connectivity index (χ0v) is 17.1. The summed E-state index contributed by atoms with van der Waals surface area (Å²) < 4.78 is 13.2. The number of rotatable bonds is 9. The van der Waals surface area contributed by atoms with Crippen LogP contribution in [0.4, 0.5) is 9.18 Å². The molecule has 1 aliphatic heterocycles. The maximum absolute atomic E-state index is 13.2. The lowest BCUT2D eigenvalue weighted by molar-refractivity contribution is -0.125. The lowest BCUT2D eigenvalue weighted by Crippen LogP contribution is -2.32. The molecule has 1 fully saturated rings. The van der Waals surface area contributed by atoms with Crippen molar-refractivity contribution in [2.24, 2.45) is 0 Å². The number of nitrogens with zero attached hydrogens (tertiary/aromatic N) is 2. The second-order valence-corrected chi connectivity index (χ2v) is 7.40. The molecular formula is C23H26FN3O3. The molecule has 2 aromatic carbocycles. The number of amides is 4. The van der Waals surface area contributed by atoms with Crippen LogP contribution in [0.1, 0.15) is 47.7 Å². The van der Waals surface area contributed by atoms with Gasteiger partial charge in [0.1, 0.15) is 5.82 Å². The molecule has 0 unspecified atom stereocenters. The van der Waals surface area contributed by atoms with Crippen molar-refractivity contribution in [1.29, 1.82) is 0 Å². The molecule has 7 heteroatoms. The summed E-state index contributed by atoms with van der Waals surface area (Å²) >= 11 is 0. The predicted octanol–water partition coefficient (Wildman–Crippen LogP) is 3.71. The van der Waals surface area contributed by atoms with E-state index in [1.165, 1.54) is 12.1 Å². The number of hydrogen-bond donors (Lipinski definition) is 1. The van der Waals surface area contributed by atoms with Crippen molar-refractivity contribution in [1.82, 2.24) is 15.1 Å². The lowest BCUT2D eigenvalue weighted by atomic mass is 10.1. The molecule has 1 aliphatic rings. The van der Waals surface area contributed by atoms with Crippen LogP contribution in [0.3, 0.4) is 0 Å². The topological polar surface area (TPSA) is 69.7 Å². The minimum atomic E-state index is -0.401. The molecule has 3 rings (SSSR count). The molecule has 0 radical (unpaired) electrons. The first-order valence-electron chi connectivity index (χ1n) is 10.2. The van der Waals surface area contributed by atoms with Crippen LogP contribution in [-0.2, 0) is 17.9 Å². The van der Waals surface area contributed by atoms with Gasteiger partial charge in [0.15, 0.2) is 0 Å². The molecule has 30 heavy (non-hydrogen) atoms. The first-order valence-corrected chi connectivity index (χ1v) is 10.2. The Morgan fingerprint density at radius 3 is 2.30 bits per heavy atom. The number of benzene rings is 2. The third-order valence-electron chi connectivity index (χ3n) is 5.08. The number of carbonyl (C=O) groups excluding carboxylic acids is 3. The summed E-state index contributed by atoms with van der Waals surface area (Å²) in [5.74, 6) is -0.665. The molecule has 6 nitrogen and oxygen atoms in total. The van der Waals surface area contributed by atoms with Crippen LogP contribution in [0.25, 0.3) is 0 Å². The van der Waals surface area contributed by atoms with Gasteiger partial charge in [0.2, 0.25) is 5.91 Å². The van der Waals surface area contributed by atoms with Gasteiger partial charge in [-0.3, -0.25) is 14.5 Å². The maximum Gasteiger partial charge on any atom is 0.324 e. The summed E-state index contributed by atoms with van der Waals surface area (Å²) in [4.78, 5) is 39.4. The highest BCUT2D eigenvalue weighted by Crippen LogP contribution is 2.15. The fourth-order valence-corrected chi connectivity index (χ4v) is 3.35. The third-order valence-corrected chi connectivity index (χ3v) is 5.08. The highest BCUT2D eigenvalue weighted by Gasteiger charge is 2.28. The zero-order valence-electron chi connectivity index (χ0n) is 17.1. The number of halogens is 1. The Kier molecular flexibility index (Phi) is 7.17. The minimum absolute atomic E-state index is 0.0194. The number of hydrogen-bond acceptors (Lipinski definition) is 3. The molecule has 0 bridgehead atoms. The highest BCUT2D eigenvalue weighted by molar-refractivity contribution is 6.01. The van der Waals surface area contributed by atoms with E-state index in [1.807, 2.05) is 0 Å².